The summed E-state index contributed by atoms with van der Waals surface area (Å²) in [7, 11) is 1.87. The van der Waals surface area contributed by atoms with Gasteiger partial charge >= 0.3 is 0 Å². The lowest BCUT2D eigenvalue weighted by molar-refractivity contribution is -0.130. The molecule has 1 heterocycles. The summed E-state index contributed by atoms with van der Waals surface area (Å²) in [5, 5.41) is 3.93. The fourth-order valence-corrected chi connectivity index (χ4v) is 2.31. The van der Waals surface area contributed by atoms with E-state index in [0.717, 1.165) is 25.1 Å². The summed E-state index contributed by atoms with van der Waals surface area (Å²) >= 11 is 6.05. The Balaban J connectivity index is 1.99. The monoisotopic (exact) mass is 252 g/mol. The van der Waals surface area contributed by atoms with E-state index in [1.54, 1.807) is 0 Å². The van der Waals surface area contributed by atoms with Crippen LogP contribution in [-0.4, -0.2) is 37.0 Å². The molecule has 1 aromatic carbocycles. The maximum absolute atomic E-state index is 12.1. The second-order valence-corrected chi connectivity index (χ2v) is 4.83. The van der Waals surface area contributed by atoms with Gasteiger partial charge in [0.1, 0.15) is 0 Å². The quantitative estimate of drug-likeness (QED) is 0.888. The number of carbonyl (C=O) groups excluding carboxylic acids is 1. The van der Waals surface area contributed by atoms with Crippen LogP contribution in [0.5, 0.6) is 0 Å². The number of halogens is 1. The average Bonchev–Trinajstić information content (AvgIpc) is 2.84. The third-order valence-corrected chi connectivity index (χ3v) is 3.64. The van der Waals surface area contributed by atoms with Crippen molar-refractivity contribution in [1.82, 2.24) is 10.2 Å². The molecule has 0 bridgehead atoms. The molecule has 1 aromatic rings. The number of hydrogen-bond donors (Lipinski definition) is 1. The zero-order valence-electron chi connectivity index (χ0n) is 9.95. The number of carbonyl (C=O) groups is 1. The molecule has 0 aliphatic carbocycles. The standard InChI is InChI=1S/C13H17ClN2O/c1-16(11-6-7-15-9-11)13(17)8-10-4-2-3-5-12(10)14/h2-5,11,15H,6-9H2,1H3/t11-/m1/s1. The normalized spacial score (nSPS) is 19.3. The highest BCUT2D eigenvalue weighted by Gasteiger charge is 2.23. The summed E-state index contributed by atoms with van der Waals surface area (Å²) in [5.74, 6) is 0.131. The molecule has 3 nitrogen and oxygen atoms in total. The Hall–Kier alpha value is -1.06. The molecule has 1 aliphatic rings. The van der Waals surface area contributed by atoms with Gasteiger partial charge in [-0.25, -0.2) is 0 Å². The maximum Gasteiger partial charge on any atom is 0.227 e. The van der Waals surface area contributed by atoms with Gasteiger partial charge in [-0.15, -0.1) is 0 Å². The van der Waals surface area contributed by atoms with E-state index in [-0.39, 0.29) is 5.91 Å². The van der Waals surface area contributed by atoms with E-state index in [1.165, 1.54) is 0 Å². The van der Waals surface area contributed by atoms with Gasteiger partial charge in [0.05, 0.1) is 6.42 Å². The number of likely N-dealkylation sites (N-methyl/N-ethyl adjacent to an activating group) is 1. The van der Waals surface area contributed by atoms with Crippen molar-refractivity contribution in [2.24, 2.45) is 0 Å². The summed E-state index contributed by atoms with van der Waals surface area (Å²) < 4.78 is 0. The Morgan fingerprint density at radius 3 is 2.94 bits per heavy atom. The molecule has 0 saturated carbocycles. The van der Waals surface area contributed by atoms with Crippen LogP contribution in [0.25, 0.3) is 0 Å². The van der Waals surface area contributed by atoms with E-state index in [0.29, 0.717) is 17.5 Å². The largest absolute Gasteiger partial charge is 0.341 e. The van der Waals surface area contributed by atoms with E-state index in [4.69, 9.17) is 11.6 Å². The molecule has 0 unspecified atom stereocenters. The molecule has 1 fully saturated rings. The highest BCUT2D eigenvalue weighted by molar-refractivity contribution is 6.31. The number of rotatable bonds is 3. The van der Waals surface area contributed by atoms with Crippen LogP contribution in [-0.2, 0) is 11.2 Å². The fraction of sp³-hybridized carbons (Fsp3) is 0.462. The van der Waals surface area contributed by atoms with Crippen LogP contribution in [0.2, 0.25) is 5.02 Å². The molecule has 0 radical (unpaired) electrons. The lowest BCUT2D eigenvalue weighted by Crippen LogP contribution is -2.39. The average molecular weight is 253 g/mol. The second kappa shape index (κ2) is 5.52. The molecule has 1 saturated heterocycles. The lowest BCUT2D eigenvalue weighted by atomic mass is 10.1. The van der Waals surface area contributed by atoms with Crippen molar-refractivity contribution >= 4 is 17.5 Å². The fourth-order valence-electron chi connectivity index (χ4n) is 2.10. The first-order valence-corrected chi connectivity index (χ1v) is 6.26. The van der Waals surface area contributed by atoms with Gasteiger partial charge in [-0.2, -0.15) is 0 Å². The Kier molecular flexibility index (Phi) is 4.02. The predicted octanol–water partition coefficient (Wildman–Crippen LogP) is 1.70. The first kappa shape index (κ1) is 12.4. The molecular weight excluding hydrogens is 236 g/mol. The smallest absolute Gasteiger partial charge is 0.227 e. The van der Waals surface area contributed by atoms with Gasteiger partial charge < -0.3 is 10.2 Å². The molecule has 0 spiro atoms. The number of hydrogen-bond acceptors (Lipinski definition) is 2. The molecule has 1 atom stereocenters. The maximum atomic E-state index is 12.1. The van der Waals surface area contributed by atoms with Gasteiger partial charge in [0.2, 0.25) is 5.91 Å². The molecule has 1 aliphatic heterocycles. The second-order valence-electron chi connectivity index (χ2n) is 4.42. The third-order valence-electron chi connectivity index (χ3n) is 3.27. The Bertz CT molecular complexity index is 402. The molecular formula is C13H17ClN2O. The summed E-state index contributed by atoms with van der Waals surface area (Å²) in [6, 6.07) is 7.83. The number of nitrogens with zero attached hydrogens (tertiary/aromatic N) is 1. The molecule has 1 amide bonds. The lowest BCUT2D eigenvalue weighted by Gasteiger charge is -2.24. The van der Waals surface area contributed by atoms with Crippen LogP contribution in [0.3, 0.4) is 0 Å². The molecule has 2 rings (SSSR count). The van der Waals surface area contributed by atoms with Gasteiger partial charge in [0.15, 0.2) is 0 Å². The van der Waals surface area contributed by atoms with Crippen molar-refractivity contribution in [3.63, 3.8) is 0 Å². The van der Waals surface area contributed by atoms with Crippen molar-refractivity contribution in [3.8, 4) is 0 Å². The van der Waals surface area contributed by atoms with Crippen LogP contribution in [0.4, 0.5) is 0 Å². The summed E-state index contributed by atoms with van der Waals surface area (Å²) in [6.07, 6.45) is 1.41. The Morgan fingerprint density at radius 2 is 2.29 bits per heavy atom. The van der Waals surface area contributed by atoms with Crippen LogP contribution < -0.4 is 5.32 Å². The molecule has 4 heteroatoms. The van der Waals surface area contributed by atoms with Gasteiger partial charge in [-0.1, -0.05) is 29.8 Å². The van der Waals surface area contributed by atoms with Crippen molar-refractivity contribution in [3.05, 3.63) is 34.9 Å². The minimum Gasteiger partial charge on any atom is -0.341 e. The summed E-state index contributed by atoms with van der Waals surface area (Å²) in [5.41, 5.74) is 0.900. The highest BCUT2D eigenvalue weighted by atomic mass is 35.5. The number of amides is 1. The first-order valence-electron chi connectivity index (χ1n) is 5.88. The van der Waals surface area contributed by atoms with Gasteiger partial charge in [-0.05, 0) is 24.6 Å². The Labute approximate surface area is 107 Å². The zero-order chi connectivity index (χ0) is 12.3. The third kappa shape index (κ3) is 2.99. The topological polar surface area (TPSA) is 32.3 Å². The summed E-state index contributed by atoms with van der Waals surface area (Å²) in [6.45, 7) is 1.89. The van der Waals surface area contributed by atoms with Crippen LogP contribution in [0.15, 0.2) is 24.3 Å². The minimum absolute atomic E-state index is 0.131. The summed E-state index contributed by atoms with van der Waals surface area (Å²) in [4.78, 5) is 13.9. The van der Waals surface area contributed by atoms with Gasteiger partial charge in [-0.3, -0.25) is 4.79 Å². The number of benzene rings is 1. The van der Waals surface area contributed by atoms with Gasteiger partial charge in [0, 0.05) is 24.7 Å². The van der Waals surface area contributed by atoms with Gasteiger partial charge in [0.25, 0.3) is 0 Å². The van der Waals surface area contributed by atoms with Crippen molar-refractivity contribution in [2.75, 3.05) is 20.1 Å². The van der Waals surface area contributed by atoms with E-state index >= 15 is 0 Å². The first-order chi connectivity index (χ1) is 8.18. The van der Waals surface area contributed by atoms with E-state index in [2.05, 4.69) is 5.32 Å². The van der Waals surface area contributed by atoms with Crippen molar-refractivity contribution in [1.29, 1.82) is 0 Å². The molecule has 17 heavy (non-hydrogen) atoms. The Morgan fingerprint density at radius 1 is 1.53 bits per heavy atom. The van der Waals surface area contributed by atoms with Crippen molar-refractivity contribution in [2.45, 2.75) is 18.9 Å². The van der Waals surface area contributed by atoms with E-state index < -0.39 is 0 Å². The van der Waals surface area contributed by atoms with Crippen LogP contribution >= 0.6 is 11.6 Å². The molecule has 0 aromatic heterocycles. The highest BCUT2D eigenvalue weighted by Crippen LogP contribution is 2.17. The molecule has 92 valence electrons. The molecule has 1 N–H and O–H groups in total. The predicted molar refractivity (Wildman–Crippen MR) is 69.2 cm³/mol. The van der Waals surface area contributed by atoms with Crippen molar-refractivity contribution < 1.29 is 4.79 Å². The minimum atomic E-state index is 0.131. The van der Waals surface area contributed by atoms with Crippen LogP contribution in [0, 0.1) is 0 Å². The number of nitrogens with one attached hydrogen (secondary N) is 1. The van der Waals surface area contributed by atoms with Crippen LogP contribution in [0.1, 0.15) is 12.0 Å². The van der Waals surface area contributed by atoms with E-state index in [1.807, 2.05) is 36.2 Å². The SMILES string of the molecule is CN(C(=O)Cc1ccccc1Cl)[C@@H]1CCNC1. The van der Waals surface area contributed by atoms with E-state index in [9.17, 15) is 4.79 Å². The zero-order valence-corrected chi connectivity index (χ0v) is 10.7.